The van der Waals surface area contributed by atoms with Gasteiger partial charge >= 0.3 is 89.8 Å². The second-order valence-corrected chi connectivity index (χ2v) is 4.77. The van der Waals surface area contributed by atoms with Crippen molar-refractivity contribution in [2.24, 2.45) is 0 Å². The first kappa shape index (κ1) is 14.1. The molecule has 1 saturated heterocycles. The summed E-state index contributed by atoms with van der Waals surface area (Å²) in [5, 5.41) is 36.7. The normalized spacial score (nSPS) is 42.1. The topological polar surface area (TPSA) is 160 Å². The molecule has 0 bridgehead atoms. The van der Waals surface area contributed by atoms with Crippen LogP contribution >= 0.6 is 8.17 Å². The zero-order chi connectivity index (χ0) is 12.5. The Labute approximate surface area is 90.8 Å². The van der Waals surface area contributed by atoms with Crippen molar-refractivity contribution in [3.63, 3.8) is 0 Å². The molecule has 1 heterocycles. The van der Waals surface area contributed by atoms with Crippen LogP contribution in [-0.4, -0.2) is 72.4 Å². The van der Waals surface area contributed by atoms with Gasteiger partial charge in [0.05, 0.1) is 0 Å². The van der Waals surface area contributed by atoms with Crippen molar-refractivity contribution < 1.29 is 44.4 Å². The number of ether oxygens (including phenoxy) is 1. The second-order valence-electron chi connectivity index (χ2n) is 3.39. The number of aliphatic hydroxyl groups excluding tert-OH is 4. The molecule has 0 amide bonds. The van der Waals surface area contributed by atoms with Crippen LogP contribution in [-0.2, 0) is 9.26 Å². The molecule has 7 N–H and O–H groups in total. The fourth-order valence-electron chi connectivity index (χ4n) is 1.32. The molecule has 1 aliphatic heterocycles. The number of aliphatic hydroxyl groups is 4. The molecule has 0 aliphatic carbocycles. The quantitative estimate of drug-likeness (QED) is 0.253. The molecule has 5 atom stereocenters. The van der Waals surface area contributed by atoms with Crippen molar-refractivity contribution in [3.8, 4) is 0 Å². The summed E-state index contributed by atoms with van der Waals surface area (Å²) in [6, 6.07) is 0. The number of hydrogen-bond acceptors (Lipinski definition) is 9. The number of rotatable bonds is 3. The van der Waals surface area contributed by atoms with Gasteiger partial charge in [-0.05, 0) is 0 Å². The van der Waals surface area contributed by atoms with E-state index in [4.69, 9.17) is 24.5 Å². The van der Waals surface area contributed by atoms with E-state index in [2.05, 4.69) is 4.52 Å². The van der Waals surface area contributed by atoms with Gasteiger partial charge in [0, 0.05) is 0 Å². The third kappa shape index (κ3) is 3.28. The van der Waals surface area contributed by atoms with Crippen LogP contribution in [0.3, 0.4) is 0 Å². The molecule has 0 spiro atoms. The Kier molecular flexibility index (Phi) is 4.55. The Hall–Kier alpha value is 0.0700. The summed E-state index contributed by atoms with van der Waals surface area (Å²) >= 11 is 0. The molecule has 16 heavy (non-hydrogen) atoms. The van der Waals surface area contributed by atoms with Crippen LogP contribution in [0.1, 0.15) is 0 Å². The van der Waals surface area contributed by atoms with Gasteiger partial charge in [0.1, 0.15) is 0 Å². The third-order valence-electron chi connectivity index (χ3n) is 2.12. The van der Waals surface area contributed by atoms with Crippen LogP contribution in [0.15, 0.2) is 0 Å². The molecular weight excluding hydrogens is 247 g/mol. The van der Waals surface area contributed by atoms with E-state index in [0.29, 0.717) is 0 Å². The third-order valence-corrected chi connectivity index (χ3v) is 2.67. The molecule has 98 valence electrons. The SMILES string of the molecule is OCC1O[C@H](O[PH](O)(O)O)C(O)C(O)[C@@H]1O. The zero-order valence-electron chi connectivity index (χ0n) is 8.04. The fraction of sp³-hybridized carbons (Fsp3) is 1.00. The summed E-state index contributed by atoms with van der Waals surface area (Å²) in [7, 11) is -4.94. The maximum absolute atomic E-state index is 9.33. The minimum absolute atomic E-state index is 0.679. The van der Waals surface area contributed by atoms with Crippen molar-refractivity contribution in [1.82, 2.24) is 0 Å². The summed E-state index contributed by atoms with van der Waals surface area (Å²) in [4.78, 5) is 25.9. The van der Waals surface area contributed by atoms with Crippen LogP contribution in [0.2, 0.25) is 0 Å². The van der Waals surface area contributed by atoms with E-state index in [0.717, 1.165) is 0 Å². The molecule has 0 aromatic rings. The first-order valence-corrected chi connectivity index (χ1v) is 6.16. The van der Waals surface area contributed by atoms with Gasteiger partial charge in [0.2, 0.25) is 0 Å². The van der Waals surface area contributed by atoms with E-state index in [-0.39, 0.29) is 0 Å². The molecule has 0 aromatic heterocycles. The van der Waals surface area contributed by atoms with E-state index in [1.807, 2.05) is 0 Å². The predicted octanol–water partition coefficient (Wildman–Crippen LogP) is -3.81. The predicted molar refractivity (Wildman–Crippen MR) is 49.8 cm³/mol. The van der Waals surface area contributed by atoms with Crippen molar-refractivity contribution in [3.05, 3.63) is 0 Å². The molecule has 3 unspecified atom stereocenters. The van der Waals surface area contributed by atoms with Crippen molar-refractivity contribution in [2.75, 3.05) is 6.61 Å². The Balaban J connectivity index is 2.71. The molecule has 0 aromatic carbocycles. The first-order chi connectivity index (χ1) is 7.26. The molecule has 9 nitrogen and oxygen atoms in total. The van der Waals surface area contributed by atoms with Gasteiger partial charge in [-0.3, -0.25) is 0 Å². The summed E-state index contributed by atoms with van der Waals surface area (Å²) in [6.07, 6.45) is -8.04. The average molecular weight is 262 g/mol. The van der Waals surface area contributed by atoms with Gasteiger partial charge in [-0.2, -0.15) is 0 Å². The molecule has 10 heteroatoms. The molecule has 1 fully saturated rings. The van der Waals surface area contributed by atoms with Crippen LogP contribution in [0.4, 0.5) is 0 Å². The van der Waals surface area contributed by atoms with E-state index >= 15 is 0 Å². The summed E-state index contributed by atoms with van der Waals surface area (Å²) in [6.45, 7) is -0.679. The van der Waals surface area contributed by atoms with Gasteiger partial charge < -0.3 is 0 Å². The van der Waals surface area contributed by atoms with E-state index < -0.39 is 45.5 Å². The Bertz CT molecular complexity index is 229. The van der Waals surface area contributed by atoms with Crippen LogP contribution in [0.5, 0.6) is 0 Å². The van der Waals surface area contributed by atoms with Crippen LogP contribution in [0.25, 0.3) is 0 Å². The van der Waals surface area contributed by atoms with Crippen LogP contribution < -0.4 is 0 Å². The van der Waals surface area contributed by atoms with E-state index in [1.54, 1.807) is 0 Å². The first-order valence-electron chi connectivity index (χ1n) is 4.41. The molecule has 0 radical (unpaired) electrons. The van der Waals surface area contributed by atoms with Gasteiger partial charge in [-0.15, -0.1) is 0 Å². The summed E-state index contributed by atoms with van der Waals surface area (Å²) in [5.41, 5.74) is 0. The zero-order valence-corrected chi connectivity index (χ0v) is 9.04. The monoisotopic (exact) mass is 262 g/mol. The van der Waals surface area contributed by atoms with Crippen molar-refractivity contribution in [1.29, 1.82) is 0 Å². The standard InChI is InChI=1S/C6H15O9P/c7-1-2-3(8)4(9)5(10)6(14-2)15-16(11,12)13/h2-13,16H,1H2/t2?,3-,4?,5?,6-/m1/s1. The molecule has 1 rings (SSSR count). The van der Waals surface area contributed by atoms with E-state index in [1.165, 1.54) is 0 Å². The fourth-order valence-corrected chi connectivity index (χ4v) is 1.83. The Morgan fingerprint density at radius 1 is 1.00 bits per heavy atom. The van der Waals surface area contributed by atoms with E-state index in [9.17, 15) is 15.3 Å². The minimum atomic E-state index is -4.94. The van der Waals surface area contributed by atoms with Crippen LogP contribution in [0, 0.1) is 0 Å². The summed E-state index contributed by atoms with van der Waals surface area (Å²) in [5.74, 6) is 0. The molecule has 1 aliphatic rings. The molecule has 0 saturated carbocycles. The summed E-state index contributed by atoms with van der Waals surface area (Å²) < 4.78 is 8.92. The molecular formula is C6H15O9P. The van der Waals surface area contributed by atoms with Gasteiger partial charge in [0.25, 0.3) is 0 Å². The van der Waals surface area contributed by atoms with Gasteiger partial charge in [-0.1, -0.05) is 0 Å². The van der Waals surface area contributed by atoms with Gasteiger partial charge in [-0.25, -0.2) is 0 Å². The van der Waals surface area contributed by atoms with Crippen molar-refractivity contribution in [2.45, 2.75) is 30.7 Å². The maximum atomic E-state index is 9.33. The Morgan fingerprint density at radius 3 is 2.00 bits per heavy atom. The Morgan fingerprint density at radius 2 is 1.56 bits per heavy atom. The second kappa shape index (κ2) is 5.15. The van der Waals surface area contributed by atoms with Gasteiger partial charge in [0.15, 0.2) is 0 Å². The van der Waals surface area contributed by atoms with Crippen molar-refractivity contribution >= 4 is 8.17 Å². The average Bonchev–Trinajstić information content (AvgIpc) is 2.17. The number of hydrogen-bond donors (Lipinski definition) is 7.